The second-order valence-electron chi connectivity index (χ2n) is 4.96. The predicted molar refractivity (Wildman–Crippen MR) is 96.6 cm³/mol. The molecule has 0 bridgehead atoms. The SMILES string of the molecule is CN(Cc1ccc(Br)cc1)C(CN)c1ccc(Br)cc1Cl. The fraction of sp³-hybridized carbons (Fsp3) is 0.250. The van der Waals surface area contributed by atoms with E-state index in [1.54, 1.807) is 0 Å². The van der Waals surface area contributed by atoms with Crippen LogP contribution in [0.2, 0.25) is 5.02 Å². The molecule has 2 rings (SSSR count). The molecule has 0 aromatic heterocycles. The van der Waals surface area contributed by atoms with Crippen molar-refractivity contribution >= 4 is 43.5 Å². The average Bonchev–Trinajstić information content (AvgIpc) is 2.44. The van der Waals surface area contributed by atoms with Gasteiger partial charge in [0, 0.05) is 33.1 Å². The van der Waals surface area contributed by atoms with E-state index >= 15 is 0 Å². The van der Waals surface area contributed by atoms with Gasteiger partial charge in [-0.1, -0.05) is 61.7 Å². The van der Waals surface area contributed by atoms with Gasteiger partial charge in [-0.25, -0.2) is 0 Å². The highest BCUT2D eigenvalue weighted by molar-refractivity contribution is 9.10. The van der Waals surface area contributed by atoms with Crippen molar-refractivity contribution in [3.8, 4) is 0 Å². The van der Waals surface area contributed by atoms with Gasteiger partial charge in [-0.05, 0) is 42.4 Å². The Kier molecular flexibility index (Phi) is 6.26. The molecule has 0 amide bonds. The summed E-state index contributed by atoms with van der Waals surface area (Å²) in [6.07, 6.45) is 0. The minimum Gasteiger partial charge on any atom is -0.329 e. The molecule has 0 aliphatic rings. The number of rotatable bonds is 5. The van der Waals surface area contributed by atoms with Gasteiger partial charge < -0.3 is 5.73 Å². The molecule has 0 saturated heterocycles. The molecule has 0 heterocycles. The van der Waals surface area contributed by atoms with E-state index in [0.717, 1.165) is 26.1 Å². The summed E-state index contributed by atoms with van der Waals surface area (Å²) >= 11 is 13.2. The molecule has 2 aromatic rings. The van der Waals surface area contributed by atoms with Crippen LogP contribution in [-0.2, 0) is 6.54 Å². The molecule has 5 heteroatoms. The van der Waals surface area contributed by atoms with Crippen LogP contribution in [0.1, 0.15) is 17.2 Å². The molecule has 0 spiro atoms. The summed E-state index contributed by atoms with van der Waals surface area (Å²) in [5.74, 6) is 0. The van der Waals surface area contributed by atoms with Gasteiger partial charge in [-0.15, -0.1) is 0 Å². The van der Waals surface area contributed by atoms with Crippen molar-refractivity contribution in [3.05, 3.63) is 67.6 Å². The molecule has 0 aliphatic heterocycles. The predicted octanol–water partition coefficient (Wildman–Crippen LogP) is 5.00. The maximum Gasteiger partial charge on any atom is 0.0485 e. The Morgan fingerprint density at radius 3 is 2.29 bits per heavy atom. The number of halogens is 3. The van der Waals surface area contributed by atoms with E-state index in [1.807, 2.05) is 30.3 Å². The van der Waals surface area contributed by atoms with E-state index in [9.17, 15) is 0 Å². The summed E-state index contributed by atoms with van der Waals surface area (Å²) in [4.78, 5) is 2.22. The standard InChI is InChI=1S/C16H17Br2ClN2/c1-21(10-11-2-4-12(17)5-3-11)16(9-20)14-7-6-13(18)8-15(14)19/h2-8,16H,9-10,20H2,1H3. The van der Waals surface area contributed by atoms with Gasteiger partial charge in [0.2, 0.25) is 0 Å². The van der Waals surface area contributed by atoms with E-state index in [0.29, 0.717) is 6.54 Å². The topological polar surface area (TPSA) is 29.3 Å². The lowest BCUT2D eigenvalue weighted by molar-refractivity contribution is 0.242. The Balaban J connectivity index is 2.18. The second-order valence-corrected chi connectivity index (χ2v) is 7.20. The third-order valence-electron chi connectivity index (χ3n) is 3.42. The first-order valence-corrected chi connectivity index (χ1v) is 8.57. The molecule has 0 radical (unpaired) electrons. The fourth-order valence-corrected chi connectivity index (χ4v) is 3.37. The first kappa shape index (κ1) is 17.0. The number of hydrogen-bond donors (Lipinski definition) is 1. The van der Waals surface area contributed by atoms with Crippen molar-refractivity contribution in [2.24, 2.45) is 5.73 Å². The van der Waals surface area contributed by atoms with Crippen LogP contribution in [0.3, 0.4) is 0 Å². The molecule has 112 valence electrons. The van der Waals surface area contributed by atoms with Crippen LogP contribution >= 0.6 is 43.5 Å². The molecule has 2 aromatic carbocycles. The minimum atomic E-state index is 0.0919. The van der Waals surface area contributed by atoms with Crippen LogP contribution in [0, 0.1) is 0 Å². The third kappa shape index (κ3) is 4.54. The number of nitrogens with two attached hydrogens (primary N) is 1. The van der Waals surface area contributed by atoms with Crippen molar-refractivity contribution in [1.29, 1.82) is 0 Å². The minimum absolute atomic E-state index is 0.0919. The molecule has 2 nitrogen and oxygen atoms in total. The average molecular weight is 433 g/mol. The Hall–Kier alpha value is -0.390. The zero-order chi connectivity index (χ0) is 15.4. The zero-order valence-corrected chi connectivity index (χ0v) is 15.6. The normalized spacial score (nSPS) is 12.7. The molecule has 21 heavy (non-hydrogen) atoms. The van der Waals surface area contributed by atoms with E-state index < -0.39 is 0 Å². The van der Waals surface area contributed by atoms with E-state index in [2.05, 4.69) is 55.9 Å². The lowest BCUT2D eigenvalue weighted by Crippen LogP contribution is -2.30. The van der Waals surface area contributed by atoms with Crippen LogP contribution in [0.15, 0.2) is 51.4 Å². The van der Waals surface area contributed by atoms with Gasteiger partial charge in [0.1, 0.15) is 0 Å². The zero-order valence-electron chi connectivity index (χ0n) is 11.7. The van der Waals surface area contributed by atoms with Crippen molar-refractivity contribution in [1.82, 2.24) is 4.90 Å². The number of hydrogen-bond acceptors (Lipinski definition) is 2. The third-order valence-corrected chi connectivity index (χ3v) is 4.77. The van der Waals surface area contributed by atoms with Crippen LogP contribution in [0.5, 0.6) is 0 Å². The maximum atomic E-state index is 6.35. The van der Waals surface area contributed by atoms with Crippen LogP contribution in [-0.4, -0.2) is 18.5 Å². The molecular weight excluding hydrogens is 415 g/mol. The second kappa shape index (κ2) is 7.75. The highest BCUT2D eigenvalue weighted by Crippen LogP contribution is 2.29. The molecule has 0 aliphatic carbocycles. The Labute approximate surface area is 147 Å². The van der Waals surface area contributed by atoms with Crippen molar-refractivity contribution in [2.75, 3.05) is 13.6 Å². The van der Waals surface area contributed by atoms with Gasteiger partial charge in [0.05, 0.1) is 0 Å². The Bertz CT molecular complexity index is 602. The summed E-state index contributed by atoms with van der Waals surface area (Å²) in [6.45, 7) is 1.34. The van der Waals surface area contributed by atoms with Crippen LogP contribution in [0.25, 0.3) is 0 Å². The van der Waals surface area contributed by atoms with Crippen LogP contribution < -0.4 is 5.73 Å². The molecule has 0 fully saturated rings. The summed E-state index contributed by atoms with van der Waals surface area (Å²) in [5.41, 5.74) is 8.27. The van der Waals surface area contributed by atoms with Crippen molar-refractivity contribution in [3.63, 3.8) is 0 Å². The van der Waals surface area contributed by atoms with Gasteiger partial charge in [0.15, 0.2) is 0 Å². The molecule has 1 unspecified atom stereocenters. The highest BCUT2D eigenvalue weighted by Gasteiger charge is 2.18. The Morgan fingerprint density at radius 1 is 1.10 bits per heavy atom. The van der Waals surface area contributed by atoms with Gasteiger partial charge >= 0.3 is 0 Å². The number of nitrogens with zero attached hydrogens (tertiary/aromatic N) is 1. The van der Waals surface area contributed by atoms with E-state index in [1.165, 1.54) is 5.56 Å². The molecule has 1 atom stereocenters. The number of benzene rings is 2. The summed E-state index contributed by atoms with van der Waals surface area (Å²) < 4.78 is 2.06. The summed E-state index contributed by atoms with van der Waals surface area (Å²) in [5, 5.41) is 0.738. The van der Waals surface area contributed by atoms with Gasteiger partial charge in [-0.2, -0.15) is 0 Å². The van der Waals surface area contributed by atoms with Crippen LogP contribution in [0.4, 0.5) is 0 Å². The smallest absolute Gasteiger partial charge is 0.0485 e. The summed E-state index contributed by atoms with van der Waals surface area (Å²) in [7, 11) is 2.07. The van der Waals surface area contributed by atoms with Crippen molar-refractivity contribution in [2.45, 2.75) is 12.6 Å². The van der Waals surface area contributed by atoms with Crippen molar-refractivity contribution < 1.29 is 0 Å². The first-order valence-electron chi connectivity index (χ1n) is 6.61. The fourth-order valence-electron chi connectivity index (χ4n) is 2.30. The first-order chi connectivity index (χ1) is 10.0. The molecule has 2 N–H and O–H groups in total. The quantitative estimate of drug-likeness (QED) is 0.721. The maximum absolute atomic E-state index is 6.35. The van der Waals surface area contributed by atoms with E-state index in [4.69, 9.17) is 17.3 Å². The van der Waals surface area contributed by atoms with Gasteiger partial charge in [0.25, 0.3) is 0 Å². The summed E-state index contributed by atoms with van der Waals surface area (Å²) in [6, 6.07) is 14.3. The molecular formula is C16H17Br2ClN2. The number of likely N-dealkylation sites (N-methyl/N-ethyl adjacent to an activating group) is 1. The van der Waals surface area contributed by atoms with E-state index in [-0.39, 0.29) is 6.04 Å². The lowest BCUT2D eigenvalue weighted by atomic mass is 10.0. The monoisotopic (exact) mass is 430 g/mol. The lowest BCUT2D eigenvalue weighted by Gasteiger charge is -2.28. The highest BCUT2D eigenvalue weighted by atomic mass is 79.9. The Morgan fingerprint density at radius 2 is 1.71 bits per heavy atom. The molecule has 0 saturated carbocycles. The largest absolute Gasteiger partial charge is 0.329 e. The van der Waals surface area contributed by atoms with Gasteiger partial charge in [-0.3, -0.25) is 4.90 Å².